The Hall–Kier alpha value is -1.63. The molecule has 0 radical (unpaired) electrons. The van der Waals surface area contributed by atoms with Gasteiger partial charge in [-0.25, -0.2) is 0 Å². The van der Waals surface area contributed by atoms with E-state index in [0.717, 1.165) is 0 Å². The molecule has 1 rings (SSSR count). The van der Waals surface area contributed by atoms with Crippen molar-refractivity contribution in [3.05, 3.63) is 5.28 Å². The van der Waals surface area contributed by atoms with E-state index in [0.29, 0.717) is 25.5 Å². The lowest BCUT2D eigenvalue weighted by Gasteiger charge is -2.09. The smallest absolute Gasteiger partial charge is 0.322 e. The number of ether oxygens (including phenoxy) is 1. The maximum absolute atomic E-state index is 11.4. The van der Waals surface area contributed by atoms with E-state index in [1.165, 1.54) is 0 Å². The van der Waals surface area contributed by atoms with Crippen LogP contribution in [0.25, 0.3) is 0 Å². The average molecular weight is 288 g/mol. The first-order valence-electron chi connectivity index (χ1n) is 6.09. The highest BCUT2D eigenvalue weighted by molar-refractivity contribution is 6.28. The van der Waals surface area contributed by atoms with Crippen molar-refractivity contribution in [2.75, 3.05) is 18.5 Å². The first-order chi connectivity index (χ1) is 9.01. The Morgan fingerprint density at radius 1 is 1.37 bits per heavy atom. The van der Waals surface area contributed by atoms with Gasteiger partial charge in [0.15, 0.2) is 0 Å². The molecule has 0 spiro atoms. The Bertz CT molecular complexity index is 428. The van der Waals surface area contributed by atoms with Crippen molar-refractivity contribution in [3.8, 4) is 6.01 Å². The van der Waals surface area contributed by atoms with E-state index in [9.17, 15) is 4.79 Å². The number of hydrogen-bond donors (Lipinski definition) is 2. The molecule has 0 unspecified atom stereocenters. The topological polar surface area (TPSA) is 89.0 Å². The van der Waals surface area contributed by atoms with Gasteiger partial charge in [-0.3, -0.25) is 4.79 Å². The zero-order chi connectivity index (χ0) is 14.3. The summed E-state index contributed by atoms with van der Waals surface area (Å²) in [4.78, 5) is 23.1. The van der Waals surface area contributed by atoms with Crippen LogP contribution < -0.4 is 15.4 Å². The molecule has 0 fully saturated rings. The number of aromatic nitrogens is 3. The molecule has 106 valence electrons. The molecule has 7 nitrogen and oxygen atoms in total. The van der Waals surface area contributed by atoms with E-state index in [-0.39, 0.29) is 23.2 Å². The molecule has 1 amide bonds. The molecule has 0 bridgehead atoms. The number of anilines is 1. The Morgan fingerprint density at radius 2 is 2.11 bits per heavy atom. The number of halogens is 1. The fourth-order valence-electron chi connectivity index (χ4n) is 1.29. The third kappa shape index (κ3) is 6.19. The van der Waals surface area contributed by atoms with Gasteiger partial charge in [-0.2, -0.15) is 15.0 Å². The minimum Gasteiger partial charge on any atom is -0.464 e. The van der Waals surface area contributed by atoms with Gasteiger partial charge < -0.3 is 15.4 Å². The molecule has 0 aliphatic rings. The fourth-order valence-corrected chi connectivity index (χ4v) is 1.44. The van der Waals surface area contributed by atoms with Gasteiger partial charge >= 0.3 is 6.01 Å². The van der Waals surface area contributed by atoms with E-state index in [2.05, 4.69) is 25.6 Å². The van der Waals surface area contributed by atoms with Crippen LogP contribution in [0.3, 0.4) is 0 Å². The zero-order valence-electron chi connectivity index (χ0n) is 11.2. The first-order valence-corrected chi connectivity index (χ1v) is 6.46. The molecule has 0 aliphatic carbocycles. The van der Waals surface area contributed by atoms with Crippen LogP contribution in [-0.4, -0.2) is 40.1 Å². The Balaban J connectivity index is 2.46. The summed E-state index contributed by atoms with van der Waals surface area (Å²) in [5.74, 6) is 0.258. The molecule has 0 saturated heterocycles. The summed E-state index contributed by atoms with van der Waals surface area (Å²) in [6, 6.07) is 0.292. The molecule has 8 heteroatoms. The van der Waals surface area contributed by atoms with Gasteiger partial charge in [0.05, 0.1) is 6.61 Å². The molecule has 0 atom stereocenters. The maximum Gasteiger partial charge on any atom is 0.322 e. The molecule has 0 saturated carbocycles. The third-order valence-electron chi connectivity index (χ3n) is 1.95. The van der Waals surface area contributed by atoms with Crippen molar-refractivity contribution in [1.82, 2.24) is 20.3 Å². The maximum atomic E-state index is 11.4. The van der Waals surface area contributed by atoms with Crippen molar-refractivity contribution in [2.45, 2.75) is 33.2 Å². The lowest BCUT2D eigenvalue weighted by Crippen LogP contribution is -2.31. The van der Waals surface area contributed by atoms with Crippen LogP contribution in [0.5, 0.6) is 6.01 Å². The summed E-state index contributed by atoms with van der Waals surface area (Å²) < 4.78 is 5.14. The van der Waals surface area contributed by atoms with Gasteiger partial charge in [-0.15, -0.1) is 0 Å². The normalized spacial score (nSPS) is 10.4. The van der Waals surface area contributed by atoms with Gasteiger partial charge in [0, 0.05) is 19.0 Å². The minimum atomic E-state index is -0.0346. The second kappa shape index (κ2) is 7.73. The van der Waals surface area contributed by atoms with E-state index >= 15 is 0 Å². The van der Waals surface area contributed by atoms with Gasteiger partial charge in [0.2, 0.25) is 17.1 Å². The lowest BCUT2D eigenvalue weighted by atomic mass is 10.3. The minimum absolute atomic E-state index is 0.0346. The van der Waals surface area contributed by atoms with E-state index in [1.54, 1.807) is 0 Å². The molecule has 2 N–H and O–H groups in total. The highest BCUT2D eigenvalue weighted by atomic mass is 35.5. The first kappa shape index (κ1) is 15.4. The Labute approximate surface area is 117 Å². The van der Waals surface area contributed by atoms with Gasteiger partial charge in [-0.05, 0) is 32.4 Å². The second-order valence-electron chi connectivity index (χ2n) is 4.04. The number of amides is 1. The molecule has 0 aromatic carbocycles. The summed E-state index contributed by atoms with van der Waals surface area (Å²) in [6.07, 6.45) is 0.325. The standard InChI is InChI=1S/C11H18ClN5O2/c1-4-19-11-16-9(12)15-10(17-11)13-6-5-8(18)14-7(2)3/h7H,4-6H2,1-3H3,(H,14,18)(H,13,15,16,17). The largest absolute Gasteiger partial charge is 0.464 e. The van der Waals surface area contributed by atoms with Crippen molar-refractivity contribution in [3.63, 3.8) is 0 Å². The van der Waals surface area contributed by atoms with E-state index < -0.39 is 0 Å². The molecule has 1 heterocycles. The van der Waals surface area contributed by atoms with Crippen LogP contribution in [0.2, 0.25) is 5.28 Å². The SMILES string of the molecule is CCOc1nc(Cl)nc(NCCC(=O)NC(C)C)n1. The third-order valence-corrected chi connectivity index (χ3v) is 2.11. The predicted molar refractivity (Wildman–Crippen MR) is 72.4 cm³/mol. The van der Waals surface area contributed by atoms with Crippen LogP contribution in [-0.2, 0) is 4.79 Å². The summed E-state index contributed by atoms with van der Waals surface area (Å²) in [5, 5.41) is 5.74. The highest BCUT2D eigenvalue weighted by Gasteiger charge is 2.07. The van der Waals surface area contributed by atoms with Crippen molar-refractivity contribution in [1.29, 1.82) is 0 Å². The molecular weight excluding hydrogens is 270 g/mol. The number of rotatable bonds is 7. The summed E-state index contributed by atoms with van der Waals surface area (Å²) in [5.41, 5.74) is 0. The molecule has 1 aromatic heterocycles. The van der Waals surface area contributed by atoms with E-state index in [4.69, 9.17) is 16.3 Å². The van der Waals surface area contributed by atoms with E-state index in [1.807, 2.05) is 20.8 Å². The summed E-state index contributed by atoms with van der Waals surface area (Å²) in [7, 11) is 0. The molecular formula is C11H18ClN5O2. The van der Waals surface area contributed by atoms with Crippen LogP contribution in [0.1, 0.15) is 27.2 Å². The summed E-state index contributed by atoms with van der Waals surface area (Å²) >= 11 is 5.73. The van der Waals surface area contributed by atoms with Crippen LogP contribution in [0, 0.1) is 0 Å². The van der Waals surface area contributed by atoms with Crippen LogP contribution in [0.4, 0.5) is 5.95 Å². The Kier molecular flexibility index (Phi) is 6.27. The van der Waals surface area contributed by atoms with Crippen LogP contribution in [0.15, 0.2) is 0 Å². The average Bonchev–Trinajstić information content (AvgIpc) is 2.27. The monoisotopic (exact) mass is 287 g/mol. The molecule has 19 heavy (non-hydrogen) atoms. The number of carbonyl (C=O) groups excluding carboxylic acids is 1. The zero-order valence-corrected chi connectivity index (χ0v) is 12.0. The van der Waals surface area contributed by atoms with Gasteiger partial charge in [-0.1, -0.05) is 0 Å². The molecule has 0 aliphatic heterocycles. The second-order valence-corrected chi connectivity index (χ2v) is 4.38. The number of nitrogens with zero attached hydrogens (tertiary/aromatic N) is 3. The lowest BCUT2D eigenvalue weighted by molar-refractivity contribution is -0.121. The number of nitrogens with one attached hydrogen (secondary N) is 2. The van der Waals surface area contributed by atoms with Crippen molar-refractivity contribution < 1.29 is 9.53 Å². The van der Waals surface area contributed by atoms with Gasteiger partial charge in [0.1, 0.15) is 0 Å². The van der Waals surface area contributed by atoms with Crippen molar-refractivity contribution in [2.24, 2.45) is 0 Å². The fraction of sp³-hybridized carbons (Fsp3) is 0.636. The Morgan fingerprint density at radius 3 is 2.74 bits per heavy atom. The van der Waals surface area contributed by atoms with Gasteiger partial charge in [0.25, 0.3) is 0 Å². The summed E-state index contributed by atoms with van der Waals surface area (Å²) in [6.45, 7) is 6.49. The predicted octanol–water partition coefficient (Wildman–Crippen LogP) is 1.25. The highest BCUT2D eigenvalue weighted by Crippen LogP contribution is 2.11. The molecule has 1 aromatic rings. The quantitative estimate of drug-likeness (QED) is 0.784. The van der Waals surface area contributed by atoms with Crippen molar-refractivity contribution >= 4 is 23.5 Å². The van der Waals surface area contributed by atoms with Crippen LogP contribution >= 0.6 is 11.6 Å². The number of carbonyl (C=O) groups is 1. The number of hydrogen-bond acceptors (Lipinski definition) is 6.